The van der Waals surface area contributed by atoms with Crippen LogP contribution in [0.1, 0.15) is 29.8 Å². The van der Waals surface area contributed by atoms with Crippen LogP contribution in [0.25, 0.3) is 11.3 Å². The Kier molecular flexibility index (Phi) is 5.57. The van der Waals surface area contributed by atoms with Crippen LogP contribution in [0.15, 0.2) is 53.2 Å². The highest BCUT2D eigenvalue weighted by atomic mass is 32.1. The van der Waals surface area contributed by atoms with Crippen molar-refractivity contribution in [3.8, 4) is 11.3 Å². The lowest BCUT2D eigenvalue weighted by Gasteiger charge is -2.05. The van der Waals surface area contributed by atoms with Crippen molar-refractivity contribution in [3.63, 3.8) is 0 Å². The molecule has 0 saturated heterocycles. The van der Waals surface area contributed by atoms with Crippen molar-refractivity contribution >= 4 is 56.6 Å². The zero-order valence-electron chi connectivity index (χ0n) is 15.7. The summed E-state index contributed by atoms with van der Waals surface area (Å²) in [5, 5.41) is 10.0. The molecule has 8 heteroatoms. The first-order chi connectivity index (χ1) is 14.0. The SMILES string of the molecule is Cc1cc(-c2csc(NC(=O)c3ccc(NC(=O)c4cccs4)cc3)n2)c(C)s1. The molecule has 0 fully saturated rings. The number of amides is 2. The van der Waals surface area contributed by atoms with E-state index in [1.165, 1.54) is 32.4 Å². The fraction of sp³-hybridized carbons (Fsp3) is 0.0952. The second-order valence-corrected chi connectivity index (χ2v) is 9.59. The van der Waals surface area contributed by atoms with Crippen molar-refractivity contribution in [2.45, 2.75) is 13.8 Å². The zero-order valence-corrected chi connectivity index (χ0v) is 18.1. The van der Waals surface area contributed by atoms with Crippen molar-refractivity contribution < 1.29 is 9.59 Å². The fourth-order valence-corrected chi connectivity index (χ4v) is 5.07. The van der Waals surface area contributed by atoms with Crippen LogP contribution in [0.3, 0.4) is 0 Å². The fourth-order valence-electron chi connectivity index (χ4n) is 2.81. The Morgan fingerprint density at radius 2 is 1.76 bits per heavy atom. The summed E-state index contributed by atoms with van der Waals surface area (Å²) in [7, 11) is 0. The van der Waals surface area contributed by atoms with Crippen LogP contribution in [-0.2, 0) is 0 Å². The minimum atomic E-state index is -0.236. The van der Waals surface area contributed by atoms with Gasteiger partial charge in [-0.25, -0.2) is 4.98 Å². The lowest BCUT2D eigenvalue weighted by atomic mass is 10.2. The molecular weight excluding hydrogens is 422 g/mol. The molecule has 0 bridgehead atoms. The van der Waals surface area contributed by atoms with E-state index in [4.69, 9.17) is 0 Å². The molecule has 3 aromatic heterocycles. The maximum Gasteiger partial charge on any atom is 0.265 e. The summed E-state index contributed by atoms with van der Waals surface area (Å²) in [5.74, 6) is -0.397. The van der Waals surface area contributed by atoms with Gasteiger partial charge in [0.05, 0.1) is 10.6 Å². The van der Waals surface area contributed by atoms with Crippen LogP contribution in [0.4, 0.5) is 10.8 Å². The molecule has 0 atom stereocenters. The molecule has 0 aliphatic heterocycles. The lowest BCUT2D eigenvalue weighted by molar-refractivity contribution is 0.102. The predicted molar refractivity (Wildman–Crippen MR) is 122 cm³/mol. The van der Waals surface area contributed by atoms with E-state index in [9.17, 15) is 9.59 Å². The molecule has 2 amide bonds. The quantitative estimate of drug-likeness (QED) is 0.397. The van der Waals surface area contributed by atoms with E-state index in [0.29, 0.717) is 21.3 Å². The molecule has 0 aliphatic rings. The Morgan fingerprint density at radius 3 is 2.41 bits per heavy atom. The van der Waals surface area contributed by atoms with E-state index in [1.54, 1.807) is 41.7 Å². The van der Waals surface area contributed by atoms with Gasteiger partial charge in [0.1, 0.15) is 0 Å². The van der Waals surface area contributed by atoms with Gasteiger partial charge in [-0.1, -0.05) is 6.07 Å². The molecule has 0 radical (unpaired) electrons. The number of aromatic nitrogens is 1. The molecule has 5 nitrogen and oxygen atoms in total. The number of hydrogen-bond donors (Lipinski definition) is 2. The topological polar surface area (TPSA) is 71.1 Å². The van der Waals surface area contributed by atoms with Crippen molar-refractivity contribution in [3.05, 3.63) is 73.4 Å². The summed E-state index contributed by atoms with van der Waals surface area (Å²) in [4.78, 5) is 32.3. The number of anilines is 2. The normalized spacial score (nSPS) is 10.7. The molecule has 4 rings (SSSR count). The number of aryl methyl sites for hydroxylation is 2. The van der Waals surface area contributed by atoms with Crippen molar-refractivity contribution in [1.29, 1.82) is 0 Å². The van der Waals surface area contributed by atoms with Crippen molar-refractivity contribution in [2.24, 2.45) is 0 Å². The number of nitrogens with one attached hydrogen (secondary N) is 2. The number of hydrogen-bond acceptors (Lipinski definition) is 6. The molecule has 0 unspecified atom stereocenters. The zero-order chi connectivity index (χ0) is 20.4. The largest absolute Gasteiger partial charge is 0.321 e. The number of thiophene rings is 2. The summed E-state index contributed by atoms with van der Waals surface area (Å²) >= 11 is 4.52. The molecule has 4 aromatic rings. The summed E-state index contributed by atoms with van der Waals surface area (Å²) in [6.07, 6.45) is 0. The van der Waals surface area contributed by atoms with Crippen LogP contribution in [-0.4, -0.2) is 16.8 Å². The molecular formula is C21H17N3O2S3. The van der Waals surface area contributed by atoms with Gasteiger partial charge in [-0.15, -0.1) is 34.0 Å². The first-order valence-corrected chi connectivity index (χ1v) is 11.4. The Bertz CT molecular complexity index is 1160. The molecule has 146 valence electrons. The highest BCUT2D eigenvalue weighted by Crippen LogP contribution is 2.32. The third-order valence-corrected chi connectivity index (χ3v) is 6.78. The van der Waals surface area contributed by atoms with E-state index in [-0.39, 0.29) is 11.8 Å². The molecule has 0 spiro atoms. The van der Waals surface area contributed by atoms with Gasteiger partial charge >= 0.3 is 0 Å². The van der Waals surface area contributed by atoms with Gasteiger partial charge in [-0.2, -0.15) is 0 Å². The molecule has 1 aromatic carbocycles. The number of carbonyl (C=O) groups excluding carboxylic acids is 2. The first-order valence-electron chi connectivity index (χ1n) is 8.79. The standard InChI is InChI=1S/C21H17N3O2S3/c1-12-10-16(13(2)29-12)17-11-28-21(23-17)24-19(25)14-5-7-15(8-6-14)22-20(26)18-4-3-9-27-18/h3-11H,1-2H3,(H,22,26)(H,23,24,25). The average Bonchev–Trinajstić information content (AvgIpc) is 3.44. The van der Waals surface area contributed by atoms with Crippen molar-refractivity contribution in [2.75, 3.05) is 10.6 Å². The monoisotopic (exact) mass is 439 g/mol. The second-order valence-electron chi connectivity index (χ2n) is 6.33. The lowest BCUT2D eigenvalue weighted by Crippen LogP contribution is -2.13. The highest BCUT2D eigenvalue weighted by molar-refractivity contribution is 7.14. The molecule has 0 aliphatic carbocycles. The third-order valence-electron chi connectivity index (χ3n) is 4.19. The smallest absolute Gasteiger partial charge is 0.265 e. The minimum Gasteiger partial charge on any atom is -0.321 e. The number of thiazole rings is 1. The summed E-state index contributed by atoms with van der Waals surface area (Å²) < 4.78 is 0. The van der Waals surface area contributed by atoms with Gasteiger partial charge < -0.3 is 5.32 Å². The van der Waals surface area contributed by atoms with E-state index >= 15 is 0 Å². The summed E-state index contributed by atoms with van der Waals surface area (Å²) in [6.45, 7) is 4.14. The van der Waals surface area contributed by atoms with Crippen LogP contribution >= 0.6 is 34.0 Å². The third kappa shape index (κ3) is 4.45. The summed E-state index contributed by atoms with van der Waals surface area (Å²) in [6, 6.07) is 12.5. The van der Waals surface area contributed by atoms with Crippen LogP contribution in [0.2, 0.25) is 0 Å². The molecule has 3 heterocycles. The van der Waals surface area contributed by atoms with Crippen LogP contribution < -0.4 is 10.6 Å². The van der Waals surface area contributed by atoms with E-state index in [2.05, 4.69) is 35.5 Å². The van der Waals surface area contributed by atoms with Gasteiger partial charge in [0.15, 0.2) is 5.13 Å². The van der Waals surface area contributed by atoms with E-state index in [0.717, 1.165) is 11.3 Å². The average molecular weight is 440 g/mol. The van der Waals surface area contributed by atoms with Gasteiger partial charge in [0.25, 0.3) is 11.8 Å². The number of benzene rings is 1. The Morgan fingerprint density at radius 1 is 0.966 bits per heavy atom. The van der Waals surface area contributed by atoms with Crippen LogP contribution in [0, 0.1) is 13.8 Å². The Hall–Kier alpha value is -2.81. The van der Waals surface area contributed by atoms with E-state index in [1.807, 2.05) is 16.8 Å². The Balaban J connectivity index is 1.41. The Labute approximate surface area is 180 Å². The first kappa shape index (κ1) is 19.5. The molecule has 0 saturated carbocycles. The van der Waals surface area contributed by atoms with Crippen LogP contribution in [0.5, 0.6) is 0 Å². The minimum absolute atomic E-state index is 0.161. The number of nitrogens with zero attached hydrogens (tertiary/aromatic N) is 1. The molecule has 29 heavy (non-hydrogen) atoms. The number of rotatable bonds is 5. The maximum atomic E-state index is 12.5. The molecule has 2 N–H and O–H groups in total. The number of carbonyl (C=O) groups is 2. The maximum absolute atomic E-state index is 12.5. The van der Waals surface area contributed by atoms with Gasteiger partial charge in [-0.3, -0.25) is 14.9 Å². The summed E-state index contributed by atoms with van der Waals surface area (Å²) in [5.41, 5.74) is 3.12. The highest BCUT2D eigenvalue weighted by Gasteiger charge is 2.13. The van der Waals surface area contributed by atoms with Gasteiger partial charge in [0.2, 0.25) is 0 Å². The second kappa shape index (κ2) is 8.28. The van der Waals surface area contributed by atoms with E-state index < -0.39 is 0 Å². The predicted octanol–water partition coefficient (Wildman–Crippen LogP) is 6.05. The van der Waals surface area contributed by atoms with Crippen molar-refractivity contribution in [1.82, 2.24) is 4.98 Å². The van der Waals surface area contributed by atoms with Gasteiger partial charge in [0, 0.05) is 31.9 Å². The van der Waals surface area contributed by atoms with Gasteiger partial charge in [-0.05, 0) is 55.6 Å².